The van der Waals surface area contributed by atoms with Crippen LogP contribution in [0.3, 0.4) is 0 Å². The van der Waals surface area contributed by atoms with E-state index in [0.29, 0.717) is 0 Å². The molecule has 0 aromatic carbocycles. The van der Waals surface area contributed by atoms with Gasteiger partial charge in [0.15, 0.2) is 5.79 Å². The Labute approximate surface area is 84.3 Å². The molecule has 0 bridgehead atoms. The zero-order chi connectivity index (χ0) is 10.6. The van der Waals surface area contributed by atoms with Crippen LogP contribution < -0.4 is 16.4 Å². The van der Waals surface area contributed by atoms with E-state index in [4.69, 9.17) is 5.73 Å². The van der Waals surface area contributed by atoms with Crippen molar-refractivity contribution in [3.05, 3.63) is 12.3 Å². The lowest BCUT2D eigenvalue weighted by molar-refractivity contribution is 0.199. The third-order valence-corrected chi connectivity index (χ3v) is 2.14. The van der Waals surface area contributed by atoms with Gasteiger partial charge >= 0.3 is 6.03 Å². The molecule has 0 aromatic rings. The molecule has 5 heteroatoms. The molecule has 14 heavy (non-hydrogen) atoms. The van der Waals surface area contributed by atoms with Gasteiger partial charge < -0.3 is 10.2 Å². The van der Waals surface area contributed by atoms with Crippen molar-refractivity contribution in [3.8, 4) is 0 Å². The third-order valence-electron chi connectivity index (χ3n) is 2.14. The van der Waals surface area contributed by atoms with E-state index in [1.54, 1.807) is 19.3 Å². The van der Waals surface area contributed by atoms with Gasteiger partial charge in [-0.05, 0) is 19.0 Å². The van der Waals surface area contributed by atoms with Gasteiger partial charge in [0.1, 0.15) is 0 Å². The number of rotatable bonds is 4. The Kier molecular flexibility index (Phi) is 3.49. The fourth-order valence-corrected chi connectivity index (χ4v) is 1.18. The predicted octanol–water partition coefficient (Wildman–Crippen LogP) is 0.157. The summed E-state index contributed by atoms with van der Waals surface area (Å²) < 4.78 is 0. The molecule has 1 heterocycles. The van der Waals surface area contributed by atoms with Crippen LogP contribution in [0.2, 0.25) is 0 Å². The second-order valence-electron chi connectivity index (χ2n) is 3.51. The van der Waals surface area contributed by atoms with Gasteiger partial charge in [0, 0.05) is 13.2 Å². The standard InChI is InChI=1S/C9H18N4O/c1-3-4-6-11-9(10)5-7-13(2)8(14)12-9/h5,7,11H,3-4,6,10H2,1-2H3,(H,12,14). The summed E-state index contributed by atoms with van der Waals surface area (Å²) in [5.41, 5.74) is 5.90. The molecule has 0 saturated heterocycles. The van der Waals surface area contributed by atoms with Gasteiger partial charge in [-0.1, -0.05) is 13.3 Å². The normalized spacial score (nSPS) is 26.5. The van der Waals surface area contributed by atoms with E-state index in [1.165, 1.54) is 4.90 Å². The SMILES string of the molecule is CCCCNC1(N)C=CN(C)C(=O)N1. The van der Waals surface area contributed by atoms with E-state index in [1.807, 2.05) is 0 Å². The van der Waals surface area contributed by atoms with Crippen molar-refractivity contribution in [2.75, 3.05) is 13.6 Å². The van der Waals surface area contributed by atoms with E-state index >= 15 is 0 Å². The second kappa shape index (κ2) is 4.43. The minimum Gasteiger partial charge on any atom is -0.304 e. The summed E-state index contributed by atoms with van der Waals surface area (Å²) in [6, 6.07) is -0.195. The molecular weight excluding hydrogens is 180 g/mol. The van der Waals surface area contributed by atoms with Crippen LogP contribution in [0.15, 0.2) is 12.3 Å². The van der Waals surface area contributed by atoms with Gasteiger partial charge in [0.25, 0.3) is 0 Å². The zero-order valence-corrected chi connectivity index (χ0v) is 8.71. The average molecular weight is 198 g/mol. The Hall–Kier alpha value is -1.07. The molecule has 1 aliphatic heterocycles. The Balaban J connectivity index is 2.49. The topological polar surface area (TPSA) is 70.4 Å². The molecular formula is C9H18N4O. The Morgan fingerprint density at radius 2 is 2.43 bits per heavy atom. The first-order valence-electron chi connectivity index (χ1n) is 4.85. The highest BCUT2D eigenvalue weighted by atomic mass is 16.2. The third kappa shape index (κ3) is 2.71. The number of nitrogens with zero attached hydrogens (tertiary/aromatic N) is 1. The quantitative estimate of drug-likeness (QED) is 0.445. The second-order valence-corrected chi connectivity index (χ2v) is 3.51. The molecule has 0 aliphatic carbocycles. The van der Waals surface area contributed by atoms with Crippen LogP contribution in [0.5, 0.6) is 0 Å². The highest BCUT2D eigenvalue weighted by Gasteiger charge is 2.27. The van der Waals surface area contributed by atoms with Crippen molar-refractivity contribution in [1.29, 1.82) is 0 Å². The van der Waals surface area contributed by atoms with Crippen LogP contribution in [0.25, 0.3) is 0 Å². The minimum atomic E-state index is -0.890. The maximum absolute atomic E-state index is 11.3. The lowest BCUT2D eigenvalue weighted by atomic mass is 10.2. The molecule has 1 rings (SSSR count). The van der Waals surface area contributed by atoms with Crippen molar-refractivity contribution in [3.63, 3.8) is 0 Å². The first kappa shape index (κ1) is 11.0. The predicted molar refractivity (Wildman–Crippen MR) is 55.3 cm³/mol. The highest BCUT2D eigenvalue weighted by Crippen LogP contribution is 2.03. The molecule has 0 spiro atoms. The number of nitrogens with two attached hydrogens (primary N) is 1. The number of carbonyl (C=O) groups is 1. The van der Waals surface area contributed by atoms with Crippen LogP contribution >= 0.6 is 0 Å². The molecule has 2 amide bonds. The molecule has 0 fully saturated rings. The molecule has 1 atom stereocenters. The van der Waals surface area contributed by atoms with Gasteiger partial charge in [0.05, 0.1) is 0 Å². The summed E-state index contributed by atoms with van der Waals surface area (Å²) >= 11 is 0. The zero-order valence-electron chi connectivity index (χ0n) is 8.71. The van der Waals surface area contributed by atoms with Gasteiger partial charge in [-0.25, -0.2) is 4.79 Å². The number of amides is 2. The molecule has 1 aliphatic rings. The summed E-state index contributed by atoms with van der Waals surface area (Å²) in [5, 5.41) is 5.75. The molecule has 5 nitrogen and oxygen atoms in total. The number of nitrogens with one attached hydrogen (secondary N) is 2. The van der Waals surface area contributed by atoms with E-state index in [-0.39, 0.29) is 6.03 Å². The van der Waals surface area contributed by atoms with E-state index in [2.05, 4.69) is 17.6 Å². The van der Waals surface area contributed by atoms with Crippen molar-refractivity contribution in [1.82, 2.24) is 15.5 Å². The molecule has 4 N–H and O–H groups in total. The van der Waals surface area contributed by atoms with Crippen LogP contribution in [0.4, 0.5) is 4.79 Å². The summed E-state index contributed by atoms with van der Waals surface area (Å²) in [6.45, 7) is 2.90. The van der Waals surface area contributed by atoms with Gasteiger partial charge in [-0.3, -0.25) is 11.1 Å². The molecule has 0 aromatic heterocycles. The Morgan fingerprint density at radius 3 is 3.00 bits per heavy atom. The average Bonchev–Trinajstić information content (AvgIpc) is 2.13. The maximum atomic E-state index is 11.3. The largest absolute Gasteiger partial charge is 0.323 e. The Bertz CT molecular complexity index is 241. The van der Waals surface area contributed by atoms with Crippen molar-refractivity contribution in [2.24, 2.45) is 5.73 Å². The summed E-state index contributed by atoms with van der Waals surface area (Å²) in [6.07, 6.45) is 5.54. The fourth-order valence-electron chi connectivity index (χ4n) is 1.18. The minimum absolute atomic E-state index is 0.195. The Morgan fingerprint density at radius 1 is 1.71 bits per heavy atom. The number of hydrogen-bond donors (Lipinski definition) is 3. The van der Waals surface area contributed by atoms with E-state index in [9.17, 15) is 4.79 Å². The number of unbranched alkanes of at least 4 members (excludes halogenated alkanes) is 1. The maximum Gasteiger partial charge on any atom is 0.323 e. The van der Waals surface area contributed by atoms with Gasteiger partial charge in [-0.15, -0.1) is 0 Å². The fraction of sp³-hybridized carbons (Fsp3) is 0.667. The molecule has 80 valence electrons. The van der Waals surface area contributed by atoms with Crippen LogP contribution in [0.1, 0.15) is 19.8 Å². The van der Waals surface area contributed by atoms with E-state index in [0.717, 1.165) is 19.4 Å². The monoisotopic (exact) mass is 198 g/mol. The smallest absolute Gasteiger partial charge is 0.304 e. The number of hydrogen-bond acceptors (Lipinski definition) is 3. The van der Waals surface area contributed by atoms with Gasteiger partial charge in [-0.2, -0.15) is 0 Å². The molecule has 1 unspecified atom stereocenters. The van der Waals surface area contributed by atoms with Crippen molar-refractivity contribution < 1.29 is 4.79 Å². The lowest BCUT2D eigenvalue weighted by Gasteiger charge is -2.34. The van der Waals surface area contributed by atoms with Gasteiger partial charge in [0.2, 0.25) is 0 Å². The van der Waals surface area contributed by atoms with Crippen molar-refractivity contribution >= 4 is 6.03 Å². The summed E-state index contributed by atoms with van der Waals surface area (Å²) in [4.78, 5) is 12.7. The van der Waals surface area contributed by atoms with Crippen molar-refractivity contribution in [2.45, 2.75) is 25.6 Å². The molecule has 0 radical (unpaired) electrons. The molecule has 0 saturated carbocycles. The van der Waals surface area contributed by atoms with Crippen LogP contribution in [-0.2, 0) is 0 Å². The summed E-state index contributed by atoms with van der Waals surface area (Å²) in [7, 11) is 1.68. The summed E-state index contributed by atoms with van der Waals surface area (Å²) in [5.74, 6) is -0.890. The lowest BCUT2D eigenvalue weighted by Crippen LogP contribution is -2.67. The first-order valence-corrected chi connectivity index (χ1v) is 4.85. The van der Waals surface area contributed by atoms with Crippen LogP contribution in [0, 0.1) is 0 Å². The first-order chi connectivity index (χ1) is 6.57. The van der Waals surface area contributed by atoms with E-state index < -0.39 is 5.79 Å². The highest BCUT2D eigenvalue weighted by molar-refractivity contribution is 5.77. The van der Waals surface area contributed by atoms with Crippen LogP contribution in [-0.4, -0.2) is 30.3 Å². The number of carbonyl (C=O) groups excluding carboxylic acids is 1. The number of urea groups is 1.